The van der Waals surface area contributed by atoms with E-state index in [1.807, 2.05) is 6.07 Å². The van der Waals surface area contributed by atoms with Gasteiger partial charge in [-0.15, -0.1) is 0 Å². The summed E-state index contributed by atoms with van der Waals surface area (Å²) in [5.41, 5.74) is -4.06. The number of nitrogens with one attached hydrogen (secondary N) is 1. The third-order valence-corrected chi connectivity index (χ3v) is 3.88. The zero-order chi connectivity index (χ0) is 21.1. The normalized spacial score (nSPS) is 13.3. The molecule has 1 unspecified atom stereocenters. The Labute approximate surface area is 157 Å². The first-order valence-corrected chi connectivity index (χ1v) is 7.82. The van der Waals surface area contributed by atoms with Gasteiger partial charge in [-0.05, 0) is 36.8 Å². The lowest BCUT2D eigenvalue weighted by Crippen LogP contribution is -2.42. The van der Waals surface area contributed by atoms with Gasteiger partial charge in [0.05, 0.1) is 16.6 Å². The van der Waals surface area contributed by atoms with Crippen molar-refractivity contribution in [2.75, 3.05) is 5.32 Å². The van der Waals surface area contributed by atoms with Gasteiger partial charge < -0.3 is 10.4 Å². The molecule has 0 aromatic heterocycles. The molecule has 0 bridgehead atoms. The number of alkyl halides is 3. The Kier molecular flexibility index (Phi) is 5.70. The zero-order valence-corrected chi connectivity index (χ0v) is 14.4. The quantitative estimate of drug-likeness (QED) is 0.596. The molecule has 7 nitrogen and oxygen atoms in total. The van der Waals surface area contributed by atoms with Crippen LogP contribution in [0.3, 0.4) is 0 Å². The summed E-state index contributed by atoms with van der Waals surface area (Å²) < 4.78 is 39.1. The van der Waals surface area contributed by atoms with Gasteiger partial charge in [0, 0.05) is 18.2 Å². The van der Waals surface area contributed by atoms with E-state index in [-0.39, 0.29) is 12.1 Å². The van der Waals surface area contributed by atoms with E-state index in [0.29, 0.717) is 23.3 Å². The first-order chi connectivity index (χ1) is 12.9. The van der Waals surface area contributed by atoms with Gasteiger partial charge in [-0.2, -0.15) is 18.4 Å². The Balaban J connectivity index is 2.22. The number of nitro benzene ring substituents is 1. The maximum atomic E-state index is 13.0. The van der Waals surface area contributed by atoms with Gasteiger partial charge in [-0.3, -0.25) is 14.9 Å². The first kappa shape index (κ1) is 20.9. The molecule has 0 aliphatic carbocycles. The van der Waals surface area contributed by atoms with Gasteiger partial charge in [0.25, 0.3) is 11.6 Å². The number of hydrogen-bond acceptors (Lipinski definition) is 5. The minimum absolute atomic E-state index is 0.163. The Morgan fingerprint density at radius 2 is 1.86 bits per heavy atom. The second kappa shape index (κ2) is 7.66. The van der Waals surface area contributed by atoms with Crippen molar-refractivity contribution in [3.63, 3.8) is 0 Å². The summed E-state index contributed by atoms with van der Waals surface area (Å²) in [6, 6.07) is 10.0. The summed E-state index contributed by atoms with van der Waals surface area (Å²) >= 11 is 0. The molecule has 2 N–H and O–H groups in total. The van der Waals surface area contributed by atoms with Crippen LogP contribution >= 0.6 is 0 Å². The molecule has 0 radical (unpaired) electrons. The van der Waals surface area contributed by atoms with E-state index in [4.69, 9.17) is 5.26 Å². The fourth-order valence-corrected chi connectivity index (χ4v) is 2.44. The molecule has 2 rings (SSSR count). The van der Waals surface area contributed by atoms with Crippen molar-refractivity contribution in [1.29, 1.82) is 5.26 Å². The Morgan fingerprint density at radius 3 is 2.36 bits per heavy atom. The second-order valence-electron chi connectivity index (χ2n) is 6.20. The molecular formula is C18H14F3N3O4. The van der Waals surface area contributed by atoms with Crippen LogP contribution in [0.1, 0.15) is 23.6 Å². The highest BCUT2D eigenvalue weighted by Gasteiger charge is 2.39. The molecule has 28 heavy (non-hydrogen) atoms. The van der Waals surface area contributed by atoms with E-state index in [1.54, 1.807) is 0 Å². The number of amides is 1. The smallest absolute Gasteiger partial charge is 0.380 e. The fraction of sp³-hybridized carbons (Fsp3) is 0.222. The molecule has 0 fully saturated rings. The molecular weight excluding hydrogens is 379 g/mol. The summed E-state index contributed by atoms with van der Waals surface area (Å²) in [4.78, 5) is 21.9. The van der Waals surface area contributed by atoms with E-state index in [9.17, 15) is 33.2 Å². The monoisotopic (exact) mass is 393 g/mol. The minimum atomic E-state index is -4.99. The van der Waals surface area contributed by atoms with Crippen LogP contribution in [0.5, 0.6) is 0 Å². The highest BCUT2D eigenvalue weighted by atomic mass is 19.4. The number of nitriles is 1. The number of carbonyl (C=O) groups excluding carboxylic acids is 1. The van der Waals surface area contributed by atoms with Crippen LogP contribution in [0.4, 0.5) is 24.5 Å². The van der Waals surface area contributed by atoms with Crippen molar-refractivity contribution < 1.29 is 28.0 Å². The largest absolute Gasteiger partial charge is 0.423 e. The molecule has 0 saturated carbocycles. The van der Waals surface area contributed by atoms with E-state index in [2.05, 4.69) is 5.32 Å². The highest BCUT2D eigenvalue weighted by molar-refractivity contribution is 5.97. The maximum Gasteiger partial charge on any atom is 0.423 e. The van der Waals surface area contributed by atoms with Gasteiger partial charge in [0.15, 0.2) is 0 Å². The van der Waals surface area contributed by atoms with Gasteiger partial charge in [-0.1, -0.05) is 12.1 Å². The third-order valence-electron chi connectivity index (χ3n) is 3.88. The Bertz CT molecular complexity index is 948. The number of anilines is 1. The first-order valence-electron chi connectivity index (χ1n) is 7.82. The number of aliphatic hydroxyl groups is 1. The van der Waals surface area contributed by atoms with Crippen LogP contribution in [0.25, 0.3) is 0 Å². The van der Waals surface area contributed by atoms with E-state index < -0.39 is 33.9 Å². The van der Waals surface area contributed by atoms with Gasteiger partial charge in [-0.25, -0.2) is 0 Å². The Morgan fingerprint density at radius 1 is 1.25 bits per heavy atom. The number of benzene rings is 2. The van der Waals surface area contributed by atoms with E-state index in [1.165, 1.54) is 31.2 Å². The van der Waals surface area contributed by atoms with Crippen molar-refractivity contribution in [2.24, 2.45) is 0 Å². The van der Waals surface area contributed by atoms with Crippen molar-refractivity contribution in [3.8, 4) is 6.07 Å². The van der Waals surface area contributed by atoms with Crippen LogP contribution in [-0.2, 0) is 17.4 Å². The van der Waals surface area contributed by atoms with Gasteiger partial charge in [0.1, 0.15) is 11.2 Å². The molecule has 0 aliphatic heterocycles. The average Bonchev–Trinajstić information content (AvgIpc) is 2.61. The number of hydrogen-bond donors (Lipinski definition) is 2. The highest BCUT2D eigenvalue weighted by Crippen LogP contribution is 2.37. The third kappa shape index (κ3) is 4.83. The standard InChI is InChI=1S/C18H14F3N3O4/c1-17(26,9-11-2-4-12(10-22)5-3-11)16(25)23-13-6-7-15(24(27)28)14(8-13)18(19,20)21/h2-8,26H,9H2,1H3,(H,23,25). The van der Waals surface area contributed by atoms with Crippen LogP contribution in [0.15, 0.2) is 42.5 Å². The van der Waals surface area contributed by atoms with Crippen molar-refractivity contribution in [2.45, 2.75) is 25.1 Å². The van der Waals surface area contributed by atoms with E-state index >= 15 is 0 Å². The molecule has 1 atom stereocenters. The van der Waals surface area contributed by atoms with Crippen LogP contribution in [-0.4, -0.2) is 21.5 Å². The lowest BCUT2D eigenvalue weighted by atomic mass is 9.95. The van der Waals surface area contributed by atoms with E-state index in [0.717, 1.165) is 6.07 Å². The molecule has 2 aromatic rings. The van der Waals surface area contributed by atoms with Crippen LogP contribution < -0.4 is 5.32 Å². The number of rotatable bonds is 5. The molecule has 146 valence electrons. The summed E-state index contributed by atoms with van der Waals surface area (Å²) in [5, 5.41) is 32.1. The van der Waals surface area contributed by atoms with Crippen molar-refractivity contribution in [3.05, 3.63) is 69.3 Å². The number of nitro groups is 1. The molecule has 0 aliphatic rings. The molecule has 2 aromatic carbocycles. The minimum Gasteiger partial charge on any atom is -0.380 e. The lowest BCUT2D eigenvalue weighted by molar-refractivity contribution is -0.388. The fourth-order valence-electron chi connectivity index (χ4n) is 2.44. The summed E-state index contributed by atoms with van der Waals surface area (Å²) in [5.74, 6) is -0.987. The van der Waals surface area contributed by atoms with Crippen LogP contribution in [0.2, 0.25) is 0 Å². The molecule has 0 saturated heterocycles. The van der Waals surface area contributed by atoms with Gasteiger partial charge in [0.2, 0.25) is 0 Å². The summed E-state index contributed by atoms with van der Waals surface area (Å²) in [6.07, 6.45) is -5.15. The molecule has 0 spiro atoms. The Hall–Kier alpha value is -3.45. The zero-order valence-electron chi connectivity index (χ0n) is 14.4. The van der Waals surface area contributed by atoms with Crippen molar-refractivity contribution in [1.82, 2.24) is 0 Å². The summed E-state index contributed by atoms with van der Waals surface area (Å²) in [7, 11) is 0. The van der Waals surface area contributed by atoms with Gasteiger partial charge >= 0.3 is 6.18 Å². The van der Waals surface area contributed by atoms with Crippen molar-refractivity contribution >= 4 is 17.3 Å². The molecule has 10 heteroatoms. The lowest BCUT2D eigenvalue weighted by Gasteiger charge is -2.22. The molecule has 1 amide bonds. The summed E-state index contributed by atoms with van der Waals surface area (Å²) in [6.45, 7) is 1.18. The van der Waals surface area contributed by atoms with Crippen LogP contribution in [0, 0.1) is 21.4 Å². The topological polar surface area (TPSA) is 116 Å². The SMILES string of the molecule is CC(O)(Cc1ccc(C#N)cc1)C(=O)Nc1ccc([N+](=O)[O-])c(C(F)(F)F)c1. The predicted molar refractivity (Wildman–Crippen MR) is 92.2 cm³/mol. The second-order valence-corrected chi connectivity index (χ2v) is 6.20. The number of carbonyl (C=O) groups is 1. The average molecular weight is 393 g/mol. The molecule has 0 heterocycles. The maximum absolute atomic E-state index is 13.0. The number of halogens is 3. The predicted octanol–water partition coefficient (Wildman–Crippen LogP) is 3.42. The number of nitrogens with zero attached hydrogens (tertiary/aromatic N) is 2.